The van der Waals surface area contributed by atoms with E-state index < -0.39 is 0 Å². The van der Waals surface area contributed by atoms with Crippen LogP contribution in [0.3, 0.4) is 0 Å². The molecular formula is C18H32N2O. The van der Waals surface area contributed by atoms with Gasteiger partial charge in [0.05, 0.1) is 6.61 Å². The average molecular weight is 292 g/mol. The molecule has 0 radical (unpaired) electrons. The standard InChI is InChI=1S/C18H32N2O/c1-5-12-19-15-18(3,17-10-8-7-9-11-17)16-20(6-2)13-14-21-4/h7-11,19H,5-6,12-16H2,1-4H3. The molecule has 0 saturated heterocycles. The van der Waals surface area contributed by atoms with Gasteiger partial charge in [0.1, 0.15) is 0 Å². The van der Waals surface area contributed by atoms with Crippen molar-refractivity contribution in [1.82, 2.24) is 10.2 Å². The van der Waals surface area contributed by atoms with Crippen LogP contribution in [0.1, 0.15) is 32.8 Å². The molecule has 120 valence electrons. The number of ether oxygens (including phenoxy) is 1. The van der Waals surface area contributed by atoms with Crippen molar-refractivity contribution in [3.63, 3.8) is 0 Å². The van der Waals surface area contributed by atoms with Gasteiger partial charge < -0.3 is 15.0 Å². The molecule has 1 aromatic carbocycles. The van der Waals surface area contributed by atoms with Gasteiger partial charge in [0, 0.05) is 32.2 Å². The molecule has 1 N–H and O–H groups in total. The number of hydrogen-bond donors (Lipinski definition) is 1. The predicted molar refractivity (Wildman–Crippen MR) is 90.9 cm³/mol. The number of nitrogens with zero attached hydrogens (tertiary/aromatic N) is 1. The summed E-state index contributed by atoms with van der Waals surface area (Å²) in [6.45, 7) is 12.8. The molecule has 0 saturated carbocycles. The third-order valence-electron chi connectivity index (χ3n) is 4.04. The van der Waals surface area contributed by atoms with E-state index in [2.05, 4.69) is 61.3 Å². The van der Waals surface area contributed by atoms with E-state index >= 15 is 0 Å². The minimum Gasteiger partial charge on any atom is -0.383 e. The lowest BCUT2D eigenvalue weighted by Crippen LogP contribution is -2.46. The summed E-state index contributed by atoms with van der Waals surface area (Å²) in [5.74, 6) is 0. The molecular weight excluding hydrogens is 260 g/mol. The predicted octanol–water partition coefficient (Wildman–Crippen LogP) is 2.91. The third-order valence-corrected chi connectivity index (χ3v) is 4.04. The highest BCUT2D eigenvalue weighted by Crippen LogP contribution is 2.24. The van der Waals surface area contributed by atoms with Crippen molar-refractivity contribution in [3.05, 3.63) is 35.9 Å². The van der Waals surface area contributed by atoms with Gasteiger partial charge >= 0.3 is 0 Å². The largest absolute Gasteiger partial charge is 0.383 e. The van der Waals surface area contributed by atoms with Crippen LogP contribution >= 0.6 is 0 Å². The number of hydrogen-bond acceptors (Lipinski definition) is 3. The molecule has 0 spiro atoms. The van der Waals surface area contributed by atoms with Crippen LogP contribution in [0.2, 0.25) is 0 Å². The smallest absolute Gasteiger partial charge is 0.0589 e. The molecule has 0 amide bonds. The number of likely N-dealkylation sites (N-methyl/N-ethyl adjacent to an activating group) is 1. The molecule has 0 heterocycles. The van der Waals surface area contributed by atoms with Crippen molar-refractivity contribution in [1.29, 1.82) is 0 Å². The molecule has 0 fully saturated rings. The number of benzene rings is 1. The molecule has 0 aliphatic rings. The third kappa shape index (κ3) is 6.16. The monoisotopic (exact) mass is 292 g/mol. The van der Waals surface area contributed by atoms with Gasteiger partial charge in [0.25, 0.3) is 0 Å². The zero-order valence-corrected chi connectivity index (χ0v) is 14.2. The highest BCUT2D eigenvalue weighted by molar-refractivity contribution is 5.25. The summed E-state index contributed by atoms with van der Waals surface area (Å²) in [5.41, 5.74) is 1.53. The van der Waals surface area contributed by atoms with E-state index in [1.807, 2.05) is 0 Å². The Bertz CT molecular complexity index is 369. The van der Waals surface area contributed by atoms with Crippen LogP contribution in [0.5, 0.6) is 0 Å². The Hall–Kier alpha value is -0.900. The van der Waals surface area contributed by atoms with Gasteiger partial charge in [0.2, 0.25) is 0 Å². The fourth-order valence-corrected chi connectivity index (χ4v) is 2.69. The van der Waals surface area contributed by atoms with E-state index in [1.54, 1.807) is 7.11 Å². The maximum absolute atomic E-state index is 5.24. The second-order valence-corrected chi connectivity index (χ2v) is 5.97. The molecule has 1 unspecified atom stereocenters. The fourth-order valence-electron chi connectivity index (χ4n) is 2.69. The van der Waals surface area contributed by atoms with Gasteiger partial charge in [-0.3, -0.25) is 0 Å². The maximum Gasteiger partial charge on any atom is 0.0589 e. The summed E-state index contributed by atoms with van der Waals surface area (Å²) in [7, 11) is 1.77. The van der Waals surface area contributed by atoms with Gasteiger partial charge in [-0.15, -0.1) is 0 Å². The first-order chi connectivity index (χ1) is 10.2. The lowest BCUT2D eigenvalue weighted by atomic mass is 9.81. The minimum absolute atomic E-state index is 0.125. The summed E-state index contributed by atoms with van der Waals surface area (Å²) in [6.07, 6.45) is 1.17. The van der Waals surface area contributed by atoms with Gasteiger partial charge in [-0.2, -0.15) is 0 Å². The molecule has 0 aliphatic heterocycles. The minimum atomic E-state index is 0.125. The van der Waals surface area contributed by atoms with E-state index in [0.29, 0.717) is 0 Å². The van der Waals surface area contributed by atoms with Gasteiger partial charge in [0.15, 0.2) is 0 Å². The van der Waals surface area contributed by atoms with Crippen molar-refractivity contribution >= 4 is 0 Å². The lowest BCUT2D eigenvalue weighted by Gasteiger charge is -2.36. The highest BCUT2D eigenvalue weighted by atomic mass is 16.5. The Morgan fingerprint density at radius 3 is 2.48 bits per heavy atom. The molecule has 0 bridgehead atoms. The summed E-state index contributed by atoms with van der Waals surface area (Å²) < 4.78 is 5.24. The van der Waals surface area contributed by atoms with Gasteiger partial charge in [-0.1, -0.05) is 51.1 Å². The molecule has 21 heavy (non-hydrogen) atoms. The van der Waals surface area contributed by atoms with Crippen molar-refractivity contribution in [2.24, 2.45) is 0 Å². The van der Waals surface area contributed by atoms with Crippen LogP contribution in [0.15, 0.2) is 30.3 Å². The second-order valence-electron chi connectivity index (χ2n) is 5.97. The van der Waals surface area contributed by atoms with Crippen LogP contribution in [-0.4, -0.2) is 51.3 Å². The van der Waals surface area contributed by atoms with Crippen LogP contribution in [0.25, 0.3) is 0 Å². The summed E-state index contributed by atoms with van der Waals surface area (Å²) in [5, 5.41) is 3.60. The zero-order valence-electron chi connectivity index (χ0n) is 14.2. The molecule has 0 aromatic heterocycles. The van der Waals surface area contributed by atoms with Crippen molar-refractivity contribution in [3.8, 4) is 0 Å². The molecule has 1 atom stereocenters. The number of nitrogens with one attached hydrogen (secondary N) is 1. The Labute approximate surface area is 130 Å². The normalized spacial score (nSPS) is 14.3. The second kappa shape index (κ2) is 9.93. The van der Waals surface area contributed by atoms with Gasteiger partial charge in [-0.05, 0) is 25.1 Å². The van der Waals surface area contributed by atoms with Crippen molar-refractivity contribution in [2.45, 2.75) is 32.6 Å². The van der Waals surface area contributed by atoms with E-state index in [-0.39, 0.29) is 5.41 Å². The van der Waals surface area contributed by atoms with E-state index in [9.17, 15) is 0 Å². The number of rotatable bonds is 11. The average Bonchev–Trinajstić information content (AvgIpc) is 2.52. The van der Waals surface area contributed by atoms with Gasteiger partial charge in [-0.25, -0.2) is 0 Å². The molecule has 1 aromatic rings. The molecule has 3 nitrogen and oxygen atoms in total. The Balaban J connectivity index is 2.80. The molecule has 0 aliphatic carbocycles. The van der Waals surface area contributed by atoms with Crippen LogP contribution in [-0.2, 0) is 10.2 Å². The van der Waals surface area contributed by atoms with Crippen molar-refractivity contribution in [2.75, 3.05) is 46.4 Å². The first-order valence-corrected chi connectivity index (χ1v) is 8.13. The van der Waals surface area contributed by atoms with E-state index in [4.69, 9.17) is 4.74 Å². The Morgan fingerprint density at radius 2 is 1.90 bits per heavy atom. The summed E-state index contributed by atoms with van der Waals surface area (Å²) >= 11 is 0. The van der Waals surface area contributed by atoms with E-state index in [1.165, 1.54) is 12.0 Å². The van der Waals surface area contributed by atoms with Crippen LogP contribution in [0.4, 0.5) is 0 Å². The quantitative estimate of drug-likeness (QED) is 0.635. The number of methoxy groups -OCH3 is 1. The van der Waals surface area contributed by atoms with Crippen LogP contribution < -0.4 is 5.32 Å². The highest BCUT2D eigenvalue weighted by Gasteiger charge is 2.28. The molecule has 3 heteroatoms. The maximum atomic E-state index is 5.24. The first-order valence-electron chi connectivity index (χ1n) is 8.13. The molecule has 1 rings (SSSR count). The fraction of sp³-hybridized carbons (Fsp3) is 0.667. The Morgan fingerprint density at radius 1 is 1.19 bits per heavy atom. The topological polar surface area (TPSA) is 24.5 Å². The van der Waals surface area contributed by atoms with Crippen LogP contribution in [0, 0.1) is 0 Å². The SMILES string of the molecule is CCCNCC(C)(CN(CC)CCOC)c1ccccc1. The summed E-state index contributed by atoms with van der Waals surface area (Å²) in [6, 6.07) is 10.9. The zero-order chi connectivity index (χ0) is 15.6. The van der Waals surface area contributed by atoms with E-state index in [0.717, 1.165) is 39.3 Å². The summed E-state index contributed by atoms with van der Waals surface area (Å²) in [4.78, 5) is 2.48. The first kappa shape index (κ1) is 18.1. The van der Waals surface area contributed by atoms with Crippen molar-refractivity contribution < 1.29 is 4.74 Å². The Kier molecular flexibility index (Phi) is 8.58. The lowest BCUT2D eigenvalue weighted by molar-refractivity contribution is 0.135.